The zero-order chi connectivity index (χ0) is 18.1. The molecule has 0 aromatic heterocycles. The average Bonchev–Trinajstić information content (AvgIpc) is 3.34. The van der Waals surface area contributed by atoms with Gasteiger partial charge in [-0.25, -0.2) is 28.1 Å². The van der Waals surface area contributed by atoms with Gasteiger partial charge in [0.1, 0.15) is 12.1 Å². The van der Waals surface area contributed by atoms with Crippen molar-refractivity contribution < 1.29 is 8.42 Å². The van der Waals surface area contributed by atoms with Gasteiger partial charge >= 0.3 is 0 Å². The van der Waals surface area contributed by atoms with Crippen molar-refractivity contribution in [3.05, 3.63) is 30.9 Å². The highest BCUT2D eigenvalue weighted by atomic mass is 32.2. The molecule has 4 rings (SSSR count). The number of aromatic amines is 1. The maximum absolute atomic E-state index is 12.2. The fourth-order valence-electron chi connectivity index (χ4n) is 3.12. The smallest absolute Gasteiger partial charge is 0.240 e. The number of fused-ring (bicyclic) bond motifs is 1. The number of nitrogens with one attached hydrogen (secondary N) is 3. The number of hydrogen-bond donors (Lipinski definition) is 3. The number of benzene rings is 1. The molecule has 0 spiro atoms. The highest BCUT2D eigenvalue weighted by molar-refractivity contribution is 7.89. The van der Waals surface area contributed by atoms with Crippen molar-refractivity contribution in [3.63, 3.8) is 0 Å². The lowest BCUT2D eigenvalue weighted by Crippen LogP contribution is -2.21. The Labute approximate surface area is 151 Å². The second-order valence-electron chi connectivity index (χ2n) is 6.03. The molecule has 0 unspecified atom stereocenters. The summed E-state index contributed by atoms with van der Waals surface area (Å²) in [5.74, 6) is 1.14. The van der Waals surface area contributed by atoms with Crippen LogP contribution in [-0.2, 0) is 10.0 Å². The van der Waals surface area contributed by atoms with Crippen LogP contribution in [0, 0.1) is 0 Å². The monoisotopic (exact) mass is 373 g/mol. The highest BCUT2D eigenvalue weighted by Gasteiger charge is 2.21. The van der Waals surface area contributed by atoms with E-state index in [9.17, 15) is 8.42 Å². The zero-order valence-electron chi connectivity index (χ0n) is 14.2. The van der Waals surface area contributed by atoms with Gasteiger partial charge in [0.05, 0.1) is 22.6 Å². The van der Waals surface area contributed by atoms with Gasteiger partial charge in [-0.15, -0.1) is 0 Å². The molecule has 0 aliphatic carbocycles. The van der Waals surface area contributed by atoms with Crippen molar-refractivity contribution in [2.24, 2.45) is 0 Å². The Morgan fingerprint density at radius 3 is 2.73 bits per heavy atom. The first kappa shape index (κ1) is 16.7. The van der Waals surface area contributed by atoms with Gasteiger partial charge in [-0.05, 0) is 38.1 Å². The normalized spacial score (nSPS) is 14.9. The molecule has 0 amide bonds. The Bertz CT molecular complexity index is 995. The van der Waals surface area contributed by atoms with Crippen molar-refractivity contribution in [2.75, 3.05) is 30.4 Å². The zero-order valence-corrected chi connectivity index (χ0v) is 15.0. The topological polar surface area (TPSA) is 116 Å². The van der Waals surface area contributed by atoms with E-state index in [0.717, 1.165) is 31.6 Å². The molecule has 1 saturated heterocycles. The van der Waals surface area contributed by atoms with Gasteiger partial charge in [0.2, 0.25) is 10.0 Å². The molecule has 10 heteroatoms. The van der Waals surface area contributed by atoms with Gasteiger partial charge in [-0.1, -0.05) is 0 Å². The lowest BCUT2D eigenvalue weighted by Gasteiger charge is -2.23. The van der Waals surface area contributed by atoms with Crippen LogP contribution in [0.25, 0.3) is 11.5 Å². The summed E-state index contributed by atoms with van der Waals surface area (Å²) in [4.78, 5) is 17.9. The van der Waals surface area contributed by atoms with E-state index < -0.39 is 10.0 Å². The van der Waals surface area contributed by atoms with E-state index in [4.69, 9.17) is 0 Å². The molecule has 3 heterocycles. The van der Waals surface area contributed by atoms with Crippen LogP contribution in [0.1, 0.15) is 12.8 Å². The quantitative estimate of drug-likeness (QED) is 0.621. The minimum atomic E-state index is -3.54. The average molecular weight is 373 g/mol. The van der Waals surface area contributed by atoms with Gasteiger partial charge in [-0.2, -0.15) is 0 Å². The van der Waals surface area contributed by atoms with Gasteiger partial charge in [0.25, 0.3) is 0 Å². The van der Waals surface area contributed by atoms with Crippen molar-refractivity contribution in [2.45, 2.75) is 17.7 Å². The fraction of sp³-hybridized carbons (Fsp3) is 0.312. The largest absolute Gasteiger partial charge is 0.370 e. The molecule has 1 fully saturated rings. The van der Waals surface area contributed by atoms with Crippen LogP contribution in [-0.4, -0.2) is 48.5 Å². The second kappa shape index (κ2) is 6.54. The number of rotatable bonds is 5. The molecule has 3 aliphatic rings. The SMILES string of the molecule is CNS(=O)(=O)c1ccc(N2CCCC2)c(Nc2[nH]cnc3ncnc2-3)c1. The van der Waals surface area contributed by atoms with E-state index in [1.54, 1.807) is 12.1 Å². The Morgan fingerprint density at radius 2 is 1.96 bits per heavy atom. The van der Waals surface area contributed by atoms with Crippen LogP contribution in [0.2, 0.25) is 0 Å². The summed E-state index contributed by atoms with van der Waals surface area (Å²) in [5, 5.41) is 3.28. The number of sulfonamides is 1. The van der Waals surface area contributed by atoms with Crippen LogP contribution < -0.4 is 14.9 Å². The molecule has 1 aromatic rings. The summed E-state index contributed by atoms with van der Waals surface area (Å²) in [5.41, 5.74) is 2.24. The summed E-state index contributed by atoms with van der Waals surface area (Å²) < 4.78 is 26.8. The van der Waals surface area contributed by atoms with E-state index in [0.29, 0.717) is 23.0 Å². The molecule has 3 N–H and O–H groups in total. The first-order valence-electron chi connectivity index (χ1n) is 8.32. The number of H-pyrrole nitrogens is 1. The lowest BCUT2D eigenvalue weighted by atomic mass is 10.2. The standard InChI is InChI=1S/C16H19N7O2S/c1-17-26(24,25)11-4-5-13(23-6-2-3-7-23)12(8-11)22-16-14-15(19-9-18-14)20-10-21-16/h4-5,8-10,17H,2-3,6-7H2,1H3,(H2,18,19,20,21,22). The predicted molar refractivity (Wildman–Crippen MR) is 98.2 cm³/mol. The first-order valence-corrected chi connectivity index (χ1v) is 9.80. The van der Waals surface area contributed by atoms with Crippen LogP contribution in [0.5, 0.6) is 0 Å². The summed E-state index contributed by atoms with van der Waals surface area (Å²) in [6.07, 6.45) is 5.22. The van der Waals surface area contributed by atoms with E-state index in [2.05, 4.69) is 34.9 Å². The molecule has 9 nitrogen and oxygen atoms in total. The molecular formula is C16H19N7O2S. The van der Waals surface area contributed by atoms with Crippen molar-refractivity contribution >= 4 is 27.2 Å². The third kappa shape index (κ3) is 2.97. The maximum Gasteiger partial charge on any atom is 0.240 e. The van der Waals surface area contributed by atoms with Crippen LogP contribution >= 0.6 is 0 Å². The molecular weight excluding hydrogens is 354 g/mol. The van der Waals surface area contributed by atoms with Gasteiger partial charge in [0, 0.05) is 13.1 Å². The number of imidazole rings is 1. The van der Waals surface area contributed by atoms with E-state index in [1.165, 1.54) is 19.7 Å². The predicted octanol–water partition coefficient (Wildman–Crippen LogP) is 1.56. The number of nitrogens with zero attached hydrogens (tertiary/aromatic N) is 4. The van der Waals surface area contributed by atoms with E-state index in [1.807, 2.05) is 6.07 Å². The minimum absolute atomic E-state index is 0.198. The third-order valence-electron chi connectivity index (χ3n) is 4.46. The lowest BCUT2D eigenvalue weighted by molar-refractivity contribution is 0.588. The molecule has 0 saturated carbocycles. The maximum atomic E-state index is 12.2. The summed E-state index contributed by atoms with van der Waals surface area (Å²) in [6.45, 7) is 1.89. The van der Waals surface area contributed by atoms with Crippen LogP contribution in [0.4, 0.5) is 17.2 Å². The van der Waals surface area contributed by atoms with Crippen LogP contribution in [0.15, 0.2) is 35.7 Å². The summed E-state index contributed by atoms with van der Waals surface area (Å²) in [6, 6.07) is 5.10. The van der Waals surface area contributed by atoms with Gasteiger partial charge in [0.15, 0.2) is 11.5 Å². The third-order valence-corrected chi connectivity index (χ3v) is 5.88. The number of hydrogen-bond acceptors (Lipinski definition) is 7. The molecule has 136 valence electrons. The van der Waals surface area contributed by atoms with Crippen LogP contribution in [0.3, 0.4) is 0 Å². The van der Waals surface area contributed by atoms with E-state index in [-0.39, 0.29) is 4.90 Å². The molecule has 0 atom stereocenters. The van der Waals surface area contributed by atoms with E-state index >= 15 is 0 Å². The Balaban J connectivity index is 1.79. The summed E-state index contributed by atoms with van der Waals surface area (Å²) in [7, 11) is -2.14. The Morgan fingerprint density at radius 1 is 1.15 bits per heavy atom. The second-order valence-corrected chi connectivity index (χ2v) is 7.92. The van der Waals surface area contributed by atoms with Gasteiger partial charge < -0.3 is 15.2 Å². The van der Waals surface area contributed by atoms with Crippen molar-refractivity contribution in [1.29, 1.82) is 0 Å². The number of anilines is 3. The van der Waals surface area contributed by atoms with Gasteiger partial charge in [-0.3, -0.25) is 0 Å². The molecule has 0 radical (unpaired) electrons. The molecule has 26 heavy (non-hydrogen) atoms. The Kier molecular flexibility index (Phi) is 4.21. The molecule has 0 bridgehead atoms. The first-order chi connectivity index (χ1) is 12.6. The molecule has 1 aromatic carbocycles. The van der Waals surface area contributed by atoms with Crippen molar-refractivity contribution in [3.8, 4) is 11.5 Å². The fourth-order valence-corrected chi connectivity index (χ4v) is 3.88. The summed E-state index contributed by atoms with van der Waals surface area (Å²) >= 11 is 0. The Hall–Kier alpha value is -2.72. The highest BCUT2D eigenvalue weighted by Crippen LogP contribution is 2.34. The number of aromatic nitrogens is 4. The minimum Gasteiger partial charge on any atom is -0.370 e. The van der Waals surface area contributed by atoms with Crippen molar-refractivity contribution in [1.82, 2.24) is 24.7 Å². The molecule has 3 aliphatic heterocycles.